The first-order valence-electron chi connectivity index (χ1n) is 4.57. The lowest BCUT2D eigenvalue weighted by Gasteiger charge is -2.17. The molecule has 0 aromatic heterocycles. The van der Waals surface area contributed by atoms with Gasteiger partial charge in [-0.1, -0.05) is 0 Å². The Morgan fingerprint density at radius 3 is 2.47 bits per heavy atom. The smallest absolute Gasteiger partial charge is 0.167 e. The van der Waals surface area contributed by atoms with Crippen LogP contribution in [-0.2, 0) is 0 Å². The molecule has 1 rings (SSSR count). The van der Waals surface area contributed by atoms with Crippen LogP contribution in [0.5, 0.6) is 0 Å². The normalized spacial score (nSPS) is 11.5. The maximum Gasteiger partial charge on any atom is 0.167 e. The number of rotatable bonds is 3. The van der Waals surface area contributed by atoms with E-state index in [1.165, 1.54) is 0 Å². The molecule has 0 aliphatic heterocycles. The molecule has 0 aliphatic carbocycles. The molecule has 4 heteroatoms. The third-order valence-corrected chi connectivity index (χ3v) is 1.85. The van der Waals surface area contributed by atoms with E-state index in [4.69, 9.17) is 5.73 Å². The molecule has 0 radical (unpaired) electrons. The second kappa shape index (κ2) is 4.06. The highest BCUT2D eigenvalue weighted by molar-refractivity contribution is 5.96. The maximum atomic E-state index is 13.2. The van der Waals surface area contributed by atoms with Crippen molar-refractivity contribution < 1.29 is 13.6 Å². The average Bonchev–Trinajstić information content (AvgIpc) is 1.99. The van der Waals surface area contributed by atoms with Crippen molar-refractivity contribution in [2.24, 2.45) is 5.73 Å². The number of halogens is 2. The molecule has 0 spiro atoms. The van der Waals surface area contributed by atoms with Crippen LogP contribution in [0.1, 0.15) is 30.6 Å². The van der Waals surface area contributed by atoms with Crippen molar-refractivity contribution in [3.63, 3.8) is 0 Å². The number of hydrogen-bond acceptors (Lipinski definition) is 2. The number of ketones is 1. The SMILES string of the molecule is CC(C)(N)CC(=O)c1ccc(F)cc1F. The quantitative estimate of drug-likeness (QED) is 0.783. The Morgan fingerprint density at radius 2 is 2.00 bits per heavy atom. The van der Waals surface area contributed by atoms with E-state index in [-0.39, 0.29) is 12.0 Å². The Kier molecular flexibility index (Phi) is 3.19. The fourth-order valence-corrected chi connectivity index (χ4v) is 1.22. The van der Waals surface area contributed by atoms with Gasteiger partial charge in [0.05, 0.1) is 5.56 Å². The second-order valence-electron chi connectivity index (χ2n) is 4.21. The molecule has 82 valence electrons. The van der Waals surface area contributed by atoms with Crippen LogP contribution in [0.3, 0.4) is 0 Å². The summed E-state index contributed by atoms with van der Waals surface area (Å²) in [7, 11) is 0. The molecule has 2 N–H and O–H groups in total. The lowest BCUT2D eigenvalue weighted by molar-refractivity contribution is 0.0956. The van der Waals surface area contributed by atoms with Crippen LogP contribution in [0.4, 0.5) is 8.78 Å². The Labute approximate surface area is 87.1 Å². The standard InChI is InChI=1S/C11H13F2NO/c1-11(2,14)6-10(15)8-4-3-7(12)5-9(8)13/h3-5H,6,14H2,1-2H3. The van der Waals surface area contributed by atoms with Gasteiger partial charge < -0.3 is 5.73 Å². The molecule has 0 saturated heterocycles. The number of carbonyl (C=O) groups is 1. The van der Waals surface area contributed by atoms with Gasteiger partial charge in [-0.05, 0) is 26.0 Å². The summed E-state index contributed by atoms with van der Waals surface area (Å²) in [5.74, 6) is -1.96. The van der Waals surface area contributed by atoms with E-state index in [1.54, 1.807) is 13.8 Å². The Bertz CT molecular complexity index is 383. The monoisotopic (exact) mass is 213 g/mol. The van der Waals surface area contributed by atoms with Crippen LogP contribution >= 0.6 is 0 Å². The van der Waals surface area contributed by atoms with E-state index in [1.807, 2.05) is 0 Å². The average molecular weight is 213 g/mol. The summed E-state index contributed by atoms with van der Waals surface area (Å²) in [4.78, 5) is 11.5. The predicted molar refractivity (Wildman–Crippen MR) is 53.6 cm³/mol. The molecule has 0 heterocycles. The molecule has 0 bridgehead atoms. The molecule has 0 saturated carbocycles. The minimum Gasteiger partial charge on any atom is -0.325 e. The van der Waals surface area contributed by atoms with Crippen molar-refractivity contribution in [3.05, 3.63) is 35.4 Å². The fraction of sp³-hybridized carbons (Fsp3) is 0.364. The van der Waals surface area contributed by atoms with E-state index in [2.05, 4.69) is 0 Å². The number of benzene rings is 1. The van der Waals surface area contributed by atoms with Gasteiger partial charge in [0.2, 0.25) is 0 Å². The van der Waals surface area contributed by atoms with Gasteiger partial charge in [-0.2, -0.15) is 0 Å². The highest BCUT2D eigenvalue weighted by atomic mass is 19.1. The van der Waals surface area contributed by atoms with Crippen molar-refractivity contribution >= 4 is 5.78 Å². The van der Waals surface area contributed by atoms with Crippen LogP contribution in [0.25, 0.3) is 0 Å². The zero-order valence-electron chi connectivity index (χ0n) is 8.68. The second-order valence-corrected chi connectivity index (χ2v) is 4.21. The molecule has 0 unspecified atom stereocenters. The van der Waals surface area contributed by atoms with Crippen molar-refractivity contribution in [2.45, 2.75) is 25.8 Å². The molecule has 1 aromatic carbocycles. The highest BCUT2D eigenvalue weighted by Gasteiger charge is 2.20. The van der Waals surface area contributed by atoms with Crippen LogP contribution in [0, 0.1) is 11.6 Å². The minimum absolute atomic E-state index is 0.0234. The van der Waals surface area contributed by atoms with Crippen molar-refractivity contribution in [2.75, 3.05) is 0 Å². The first-order chi connectivity index (χ1) is 6.79. The summed E-state index contributed by atoms with van der Waals surface area (Å²) in [5.41, 5.74) is 4.82. The van der Waals surface area contributed by atoms with Crippen LogP contribution in [0.2, 0.25) is 0 Å². The number of hydrogen-bond donors (Lipinski definition) is 1. The van der Waals surface area contributed by atoms with Gasteiger partial charge >= 0.3 is 0 Å². The third-order valence-electron chi connectivity index (χ3n) is 1.85. The topological polar surface area (TPSA) is 43.1 Å². The van der Waals surface area contributed by atoms with Gasteiger partial charge in [-0.15, -0.1) is 0 Å². The first kappa shape index (κ1) is 11.8. The summed E-state index contributed by atoms with van der Waals surface area (Å²) in [6, 6.07) is 2.88. The lowest BCUT2D eigenvalue weighted by atomic mass is 9.95. The highest BCUT2D eigenvalue weighted by Crippen LogP contribution is 2.15. The Morgan fingerprint density at radius 1 is 1.40 bits per heavy atom. The molecule has 0 fully saturated rings. The summed E-state index contributed by atoms with van der Waals surface area (Å²) in [6.45, 7) is 3.35. The lowest BCUT2D eigenvalue weighted by Crippen LogP contribution is -2.34. The zero-order chi connectivity index (χ0) is 11.6. The van der Waals surface area contributed by atoms with Crippen LogP contribution in [-0.4, -0.2) is 11.3 Å². The van der Waals surface area contributed by atoms with Crippen LogP contribution < -0.4 is 5.73 Å². The fourth-order valence-electron chi connectivity index (χ4n) is 1.22. The minimum atomic E-state index is -0.843. The molecule has 0 aliphatic rings. The van der Waals surface area contributed by atoms with E-state index < -0.39 is 23.0 Å². The number of Topliss-reactive ketones (excluding diaryl/α,β-unsaturated/α-hetero) is 1. The van der Waals surface area contributed by atoms with Gasteiger partial charge in [-0.3, -0.25) is 4.79 Å². The number of carbonyl (C=O) groups excluding carboxylic acids is 1. The van der Waals surface area contributed by atoms with Crippen LogP contribution in [0.15, 0.2) is 18.2 Å². The van der Waals surface area contributed by atoms with Gasteiger partial charge in [0.25, 0.3) is 0 Å². The van der Waals surface area contributed by atoms with Crippen molar-refractivity contribution in [1.29, 1.82) is 0 Å². The molecule has 0 amide bonds. The van der Waals surface area contributed by atoms with Gasteiger partial charge in [0.15, 0.2) is 5.78 Å². The van der Waals surface area contributed by atoms with Crippen molar-refractivity contribution in [1.82, 2.24) is 0 Å². The molecule has 0 atom stereocenters. The van der Waals surface area contributed by atoms with Crippen molar-refractivity contribution in [3.8, 4) is 0 Å². The van der Waals surface area contributed by atoms with E-state index in [0.29, 0.717) is 6.07 Å². The van der Waals surface area contributed by atoms with E-state index in [0.717, 1.165) is 12.1 Å². The number of nitrogens with two attached hydrogens (primary N) is 1. The molecular weight excluding hydrogens is 200 g/mol. The maximum absolute atomic E-state index is 13.2. The van der Waals surface area contributed by atoms with E-state index in [9.17, 15) is 13.6 Å². The third kappa shape index (κ3) is 3.40. The molecule has 1 aromatic rings. The summed E-state index contributed by atoms with van der Waals surface area (Å²) < 4.78 is 25.7. The summed E-state index contributed by atoms with van der Waals surface area (Å²) >= 11 is 0. The largest absolute Gasteiger partial charge is 0.325 e. The zero-order valence-corrected chi connectivity index (χ0v) is 8.68. The Balaban J connectivity index is 2.92. The van der Waals surface area contributed by atoms with Gasteiger partial charge in [0.1, 0.15) is 11.6 Å². The first-order valence-corrected chi connectivity index (χ1v) is 4.57. The molecule has 15 heavy (non-hydrogen) atoms. The van der Waals surface area contributed by atoms with Gasteiger partial charge in [-0.25, -0.2) is 8.78 Å². The van der Waals surface area contributed by atoms with E-state index >= 15 is 0 Å². The molecular formula is C11H13F2NO. The Hall–Kier alpha value is -1.29. The summed E-state index contributed by atoms with van der Waals surface area (Å²) in [6.07, 6.45) is 0.0234. The predicted octanol–water partition coefficient (Wildman–Crippen LogP) is 2.27. The summed E-state index contributed by atoms with van der Waals surface area (Å²) in [5, 5.41) is 0. The molecule has 2 nitrogen and oxygen atoms in total. The van der Waals surface area contributed by atoms with Gasteiger partial charge in [0, 0.05) is 18.0 Å².